The first kappa shape index (κ1) is 24.8. The second kappa shape index (κ2) is 10.9. The van der Waals surface area contributed by atoms with Gasteiger partial charge in [0.1, 0.15) is 5.56 Å². The van der Waals surface area contributed by atoms with Crippen molar-refractivity contribution in [3.05, 3.63) is 107 Å². The van der Waals surface area contributed by atoms with Crippen LogP contribution in [0.3, 0.4) is 0 Å². The zero-order valence-corrected chi connectivity index (χ0v) is 20.4. The molecule has 1 atom stereocenters. The third-order valence-corrected chi connectivity index (χ3v) is 5.85. The van der Waals surface area contributed by atoms with E-state index in [1.54, 1.807) is 26.0 Å². The molecule has 2 heterocycles. The standard InChI is InChI=1S/C28H28N2O6/c1-28(2,27(32)33-3)21-13-11-20(12-14-21)17-30-25(31)22-10-7-15-29-26(22)36-24-18-34-23(35-24)16-19-8-5-4-6-9-19/h4-15,18,23H,16-17H2,1-3H3,(H,30,31). The van der Waals surface area contributed by atoms with Crippen molar-refractivity contribution >= 4 is 11.9 Å². The molecule has 3 aromatic rings. The Balaban J connectivity index is 1.34. The Morgan fingerprint density at radius 2 is 1.75 bits per heavy atom. The van der Waals surface area contributed by atoms with E-state index in [1.165, 1.54) is 19.6 Å². The molecule has 8 nitrogen and oxygen atoms in total. The van der Waals surface area contributed by atoms with Crippen molar-refractivity contribution in [2.24, 2.45) is 0 Å². The fraction of sp³-hybridized carbons (Fsp3) is 0.250. The molecule has 0 bridgehead atoms. The average molecular weight is 489 g/mol. The van der Waals surface area contributed by atoms with Crippen LogP contribution in [0.25, 0.3) is 0 Å². The fourth-order valence-corrected chi connectivity index (χ4v) is 3.69. The number of carbonyl (C=O) groups excluding carboxylic acids is 2. The Bertz CT molecular complexity index is 1240. The molecular formula is C28H28N2O6. The van der Waals surface area contributed by atoms with Gasteiger partial charge in [0.05, 0.1) is 12.5 Å². The Labute approximate surface area is 209 Å². The summed E-state index contributed by atoms with van der Waals surface area (Å²) in [5, 5.41) is 2.87. The summed E-state index contributed by atoms with van der Waals surface area (Å²) in [6, 6.07) is 20.5. The van der Waals surface area contributed by atoms with Gasteiger partial charge < -0.3 is 24.3 Å². The number of methoxy groups -OCH3 is 1. The molecule has 0 saturated carbocycles. The van der Waals surface area contributed by atoms with E-state index in [-0.39, 0.29) is 35.8 Å². The first-order valence-corrected chi connectivity index (χ1v) is 11.5. The highest BCUT2D eigenvalue weighted by atomic mass is 16.8. The molecule has 1 amide bonds. The quantitative estimate of drug-likeness (QED) is 0.450. The topological polar surface area (TPSA) is 96.0 Å². The van der Waals surface area contributed by atoms with Gasteiger partial charge in [-0.1, -0.05) is 54.6 Å². The zero-order chi connectivity index (χ0) is 25.5. The van der Waals surface area contributed by atoms with Crippen LogP contribution in [0.5, 0.6) is 5.88 Å². The van der Waals surface area contributed by atoms with Gasteiger partial charge in [-0.05, 0) is 42.7 Å². The van der Waals surface area contributed by atoms with Crippen molar-refractivity contribution in [3.8, 4) is 5.88 Å². The average Bonchev–Trinajstić information content (AvgIpc) is 3.34. The number of amides is 1. The predicted molar refractivity (Wildman–Crippen MR) is 132 cm³/mol. The lowest BCUT2D eigenvalue weighted by atomic mass is 9.84. The molecule has 1 aromatic heterocycles. The largest absolute Gasteiger partial charge is 0.468 e. The van der Waals surface area contributed by atoms with Crippen LogP contribution in [0.15, 0.2) is 85.1 Å². The maximum atomic E-state index is 12.9. The van der Waals surface area contributed by atoms with Crippen molar-refractivity contribution in [1.29, 1.82) is 0 Å². The van der Waals surface area contributed by atoms with Gasteiger partial charge >= 0.3 is 11.9 Å². The van der Waals surface area contributed by atoms with Gasteiger partial charge in [-0.15, -0.1) is 0 Å². The van der Waals surface area contributed by atoms with E-state index >= 15 is 0 Å². The molecule has 0 fully saturated rings. The molecule has 8 heteroatoms. The minimum atomic E-state index is -0.765. The van der Waals surface area contributed by atoms with E-state index in [9.17, 15) is 9.59 Å². The Kier molecular flexibility index (Phi) is 7.53. The number of carbonyl (C=O) groups is 2. The molecule has 1 aliphatic heterocycles. The van der Waals surface area contributed by atoms with Crippen LogP contribution in [0.2, 0.25) is 0 Å². The van der Waals surface area contributed by atoms with Gasteiger partial charge in [0.2, 0.25) is 12.2 Å². The van der Waals surface area contributed by atoms with Crippen molar-refractivity contribution in [3.63, 3.8) is 0 Å². The fourth-order valence-electron chi connectivity index (χ4n) is 3.69. The first-order chi connectivity index (χ1) is 17.4. The maximum absolute atomic E-state index is 12.9. The SMILES string of the molecule is COC(=O)C(C)(C)c1ccc(CNC(=O)c2cccnc2OC2=COC(Cc3ccccc3)O2)cc1. The highest BCUT2D eigenvalue weighted by Gasteiger charge is 2.30. The van der Waals surface area contributed by atoms with E-state index in [0.29, 0.717) is 6.42 Å². The van der Waals surface area contributed by atoms with Crippen LogP contribution < -0.4 is 10.1 Å². The molecule has 4 rings (SSSR count). The molecule has 1 unspecified atom stereocenters. The zero-order valence-electron chi connectivity index (χ0n) is 20.4. The van der Waals surface area contributed by atoms with Crippen LogP contribution in [-0.4, -0.2) is 30.3 Å². The van der Waals surface area contributed by atoms with Crippen molar-refractivity contribution in [2.45, 2.75) is 38.5 Å². The number of aromatic nitrogens is 1. The number of ether oxygens (including phenoxy) is 4. The number of nitrogens with zero attached hydrogens (tertiary/aromatic N) is 1. The van der Waals surface area contributed by atoms with E-state index < -0.39 is 11.7 Å². The summed E-state index contributed by atoms with van der Waals surface area (Å²) in [5.41, 5.74) is 2.26. The summed E-state index contributed by atoms with van der Waals surface area (Å²) in [7, 11) is 1.37. The number of hydrogen-bond acceptors (Lipinski definition) is 7. The maximum Gasteiger partial charge on any atom is 0.325 e. The molecule has 1 N–H and O–H groups in total. The third-order valence-electron chi connectivity index (χ3n) is 5.85. The second-order valence-electron chi connectivity index (χ2n) is 8.76. The van der Waals surface area contributed by atoms with Crippen LogP contribution in [0.1, 0.15) is 40.9 Å². The molecular weight excluding hydrogens is 460 g/mol. The van der Waals surface area contributed by atoms with Crippen molar-refractivity contribution < 1.29 is 28.5 Å². The molecule has 36 heavy (non-hydrogen) atoms. The van der Waals surface area contributed by atoms with E-state index in [0.717, 1.165) is 16.7 Å². The lowest BCUT2D eigenvalue weighted by Gasteiger charge is -2.22. The number of nitrogens with one attached hydrogen (secondary N) is 1. The number of benzene rings is 2. The van der Waals surface area contributed by atoms with Gasteiger partial charge in [0, 0.05) is 19.2 Å². The van der Waals surface area contributed by atoms with Crippen LogP contribution in [-0.2, 0) is 37.4 Å². The molecule has 0 radical (unpaired) electrons. The van der Waals surface area contributed by atoms with E-state index in [1.807, 2.05) is 54.6 Å². The second-order valence-corrected chi connectivity index (χ2v) is 8.76. The summed E-state index contributed by atoms with van der Waals surface area (Å²) in [6.07, 6.45) is 2.94. The normalized spacial score (nSPS) is 14.8. The number of esters is 1. The predicted octanol–water partition coefficient (Wildman–Crippen LogP) is 4.26. The van der Waals surface area contributed by atoms with E-state index in [4.69, 9.17) is 18.9 Å². The molecule has 0 saturated heterocycles. The van der Waals surface area contributed by atoms with Crippen LogP contribution in [0.4, 0.5) is 0 Å². The monoisotopic (exact) mass is 488 g/mol. The van der Waals surface area contributed by atoms with Gasteiger partial charge in [-0.3, -0.25) is 9.59 Å². The molecule has 0 spiro atoms. The lowest BCUT2D eigenvalue weighted by molar-refractivity contribution is -0.146. The number of rotatable bonds is 9. The number of hydrogen-bond donors (Lipinski definition) is 1. The lowest BCUT2D eigenvalue weighted by Crippen LogP contribution is -2.30. The summed E-state index contributed by atoms with van der Waals surface area (Å²) in [6.45, 7) is 3.89. The summed E-state index contributed by atoms with van der Waals surface area (Å²) in [4.78, 5) is 29.1. The first-order valence-electron chi connectivity index (χ1n) is 11.5. The van der Waals surface area contributed by atoms with Crippen LogP contribution in [0, 0.1) is 0 Å². The minimum absolute atomic E-state index is 0.111. The summed E-state index contributed by atoms with van der Waals surface area (Å²) in [5.74, 6) is -0.420. The van der Waals surface area contributed by atoms with Crippen LogP contribution >= 0.6 is 0 Å². The summed E-state index contributed by atoms with van der Waals surface area (Å²) < 4.78 is 21.9. The van der Waals surface area contributed by atoms with Crippen molar-refractivity contribution in [1.82, 2.24) is 10.3 Å². The Hall–Kier alpha value is -4.33. The minimum Gasteiger partial charge on any atom is -0.468 e. The van der Waals surface area contributed by atoms with Gasteiger partial charge in [-0.2, -0.15) is 0 Å². The van der Waals surface area contributed by atoms with Crippen molar-refractivity contribution in [2.75, 3.05) is 7.11 Å². The van der Waals surface area contributed by atoms with Gasteiger partial charge in [-0.25, -0.2) is 4.98 Å². The highest BCUT2D eigenvalue weighted by molar-refractivity contribution is 5.96. The Morgan fingerprint density at radius 1 is 1.00 bits per heavy atom. The molecule has 1 aliphatic rings. The summed E-state index contributed by atoms with van der Waals surface area (Å²) >= 11 is 0. The molecule has 2 aromatic carbocycles. The van der Waals surface area contributed by atoms with E-state index in [2.05, 4.69) is 10.3 Å². The third kappa shape index (κ3) is 5.83. The van der Waals surface area contributed by atoms with Gasteiger partial charge in [0.15, 0.2) is 6.26 Å². The highest BCUT2D eigenvalue weighted by Crippen LogP contribution is 2.26. The van der Waals surface area contributed by atoms with Gasteiger partial charge in [0.25, 0.3) is 5.91 Å². The molecule has 0 aliphatic carbocycles. The molecule has 186 valence electrons. The number of pyridine rings is 1. The smallest absolute Gasteiger partial charge is 0.325 e. The Morgan fingerprint density at radius 3 is 2.47 bits per heavy atom.